The van der Waals surface area contributed by atoms with E-state index in [9.17, 15) is 0 Å². The van der Waals surface area contributed by atoms with Crippen LogP contribution in [0.25, 0.3) is 0 Å². The van der Waals surface area contributed by atoms with E-state index >= 15 is 0 Å². The van der Waals surface area contributed by atoms with E-state index in [2.05, 4.69) is 18.7 Å². The first kappa shape index (κ1) is 12.4. The zero-order chi connectivity index (χ0) is 11.5. The zero-order valence-corrected chi connectivity index (χ0v) is 11.0. The van der Waals surface area contributed by atoms with Crippen molar-refractivity contribution in [3.05, 3.63) is 0 Å². The highest BCUT2D eigenvalue weighted by atomic mass is 15.2. The molecule has 2 fully saturated rings. The third-order valence-corrected chi connectivity index (χ3v) is 4.58. The van der Waals surface area contributed by atoms with Crippen LogP contribution in [0.1, 0.15) is 52.4 Å². The molecular weight excluding hydrogens is 196 g/mol. The van der Waals surface area contributed by atoms with Gasteiger partial charge in [-0.1, -0.05) is 33.1 Å². The minimum atomic E-state index is 0.420. The maximum atomic E-state index is 6.17. The average Bonchev–Trinajstić information content (AvgIpc) is 2.27. The van der Waals surface area contributed by atoms with Crippen LogP contribution in [-0.2, 0) is 0 Å². The van der Waals surface area contributed by atoms with Crippen molar-refractivity contribution < 1.29 is 0 Å². The van der Waals surface area contributed by atoms with Crippen LogP contribution >= 0.6 is 0 Å². The molecular formula is C14H28N2. The van der Waals surface area contributed by atoms with E-state index in [-0.39, 0.29) is 0 Å². The molecule has 0 amide bonds. The number of piperidine rings is 1. The maximum absolute atomic E-state index is 6.17. The van der Waals surface area contributed by atoms with Crippen molar-refractivity contribution in [3.8, 4) is 0 Å². The zero-order valence-electron chi connectivity index (χ0n) is 11.0. The molecule has 1 aliphatic heterocycles. The minimum Gasteiger partial charge on any atom is -0.327 e. The molecule has 2 nitrogen and oxygen atoms in total. The molecule has 1 saturated heterocycles. The van der Waals surface area contributed by atoms with Crippen molar-refractivity contribution in [2.45, 2.75) is 64.5 Å². The van der Waals surface area contributed by atoms with Crippen molar-refractivity contribution in [2.75, 3.05) is 13.1 Å². The molecule has 2 N–H and O–H groups in total. The lowest BCUT2D eigenvalue weighted by atomic mass is 9.80. The summed E-state index contributed by atoms with van der Waals surface area (Å²) in [7, 11) is 0. The molecule has 2 aliphatic rings. The van der Waals surface area contributed by atoms with Gasteiger partial charge in [0, 0.05) is 25.2 Å². The predicted octanol–water partition coefficient (Wildman–Crippen LogP) is 2.62. The highest BCUT2D eigenvalue weighted by Gasteiger charge is 2.33. The molecule has 0 spiro atoms. The van der Waals surface area contributed by atoms with Gasteiger partial charge in [0.1, 0.15) is 0 Å². The molecule has 16 heavy (non-hydrogen) atoms. The first-order valence-electron chi connectivity index (χ1n) is 7.20. The Bertz CT molecular complexity index is 207. The number of nitrogens with two attached hydrogens (primary N) is 1. The summed E-state index contributed by atoms with van der Waals surface area (Å²) >= 11 is 0. The number of rotatable bonds is 2. The summed E-state index contributed by atoms with van der Waals surface area (Å²) in [5, 5.41) is 0. The van der Waals surface area contributed by atoms with E-state index < -0.39 is 0 Å². The molecule has 2 heteroatoms. The maximum Gasteiger partial charge on any atom is 0.0170 e. The van der Waals surface area contributed by atoms with Gasteiger partial charge < -0.3 is 5.73 Å². The quantitative estimate of drug-likeness (QED) is 0.781. The lowest BCUT2D eigenvalue weighted by molar-refractivity contribution is 0.0556. The first-order chi connectivity index (χ1) is 7.70. The third kappa shape index (κ3) is 2.78. The lowest BCUT2D eigenvalue weighted by Gasteiger charge is -2.45. The van der Waals surface area contributed by atoms with E-state index in [1.807, 2.05) is 0 Å². The summed E-state index contributed by atoms with van der Waals surface area (Å²) in [5.41, 5.74) is 6.17. The summed E-state index contributed by atoms with van der Waals surface area (Å²) in [4.78, 5) is 2.71. The molecule has 0 bridgehead atoms. The van der Waals surface area contributed by atoms with Crippen LogP contribution in [0.4, 0.5) is 0 Å². The summed E-state index contributed by atoms with van der Waals surface area (Å²) < 4.78 is 0. The largest absolute Gasteiger partial charge is 0.327 e. The average molecular weight is 224 g/mol. The monoisotopic (exact) mass is 224 g/mol. The molecule has 0 radical (unpaired) electrons. The Morgan fingerprint density at radius 2 is 1.94 bits per heavy atom. The summed E-state index contributed by atoms with van der Waals surface area (Å²) in [6.07, 6.45) is 8.32. The standard InChI is InChI=1S/C14H28N2/c1-3-12-6-4-5-7-14(12)16-9-11(2)8-13(15)10-16/h11-14H,3-10,15H2,1-2H3. The lowest BCUT2D eigenvalue weighted by Crippen LogP contribution is -2.53. The molecule has 1 aliphatic carbocycles. The molecule has 0 aromatic heterocycles. The van der Waals surface area contributed by atoms with E-state index in [0.717, 1.165) is 24.4 Å². The van der Waals surface area contributed by atoms with Gasteiger partial charge in [0.05, 0.1) is 0 Å². The van der Waals surface area contributed by atoms with Gasteiger partial charge in [0.2, 0.25) is 0 Å². The van der Waals surface area contributed by atoms with Gasteiger partial charge in [-0.05, 0) is 31.1 Å². The van der Waals surface area contributed by atoms with Gasteiger partial charge in [0.25, 0.3) is 0 Å². The van der Waals surface area contributed by atoms with Gasteiger partial charge >= 0.3 is 0 Å². The van der Waals surface area contributed by atoms with E-state index in [1.165, 1.54) is 45.1 Å². The fraction of sp³-hybridized carbons (Fsp3) is 1.00. The Balaban J connectivity index is 1.98. The van der Waals surface area contributed by atoms with Crippen molar-refractivity contribution >= 4 is 0 Å². The van der Waals surface area contributed by atoms with Crippen molar-refractivity contribution in [3.63, 3.8) is 0 Å². The van der Waals surface area contributed by atoms with Crippen LogP contribution < -0.4 is 5.73 Å². The Morgan fingerprint density at radius 1 is 1.19 bits per heavy atom. The first-order valence-corrected chi connectivity index (χ1v) is 7.20. The molecule has 94 valence electrons. The minimum absolute atomic E-state index is 0.420. The van der Waals surface area contributed by atoms with Crippen LogP contribution in [-0.4, -0.2) is 30.1 Å². The van der Waals surface area contributed by atoms with Crippen LogP contribution in [0, 0.1) is 11.8 Å². The summed E-state index contributed by atoms with van der Waals surface area (Å²) in [5.74, 6) is 1.73. The predicted molar refractivity (Wildman–Crippen MR) is 69.4 cm³/mol. The molecule has 0 aromatic rings. The Kier molecular flexibility index (Phi) is 4.26. The summed E-state index contributed by atoms with van der Waals surface area (Å²) in [6, 6.07) is 1.26. The number of nitrogens with zero attached hydrogens (tertiary/aromatic N) is 1. The summed E-state index contributed by atoms with van der Waals surface area (Å²) in [6.45, 7) is 7.15. The second-order valence-electron chi connectivity index (χ2n) is 6.07. The van der Waals surface area contributed by atoms with Gasteiger partial charge in [0.15, 0.2) is 0 Å². The van der Waals surface area contributed by atoms with E-state index in [1.54, 1.807) is 0 Å². The van der Waals surface area contributed by atoms with E-state index in [0.29, 0.717) is 6.04 Å². The number of hydrogen-bond donors (Lipinski definition) is 1. The van der Waals surface area contributed by atoms with Crippen LogP contribution in [0.15, 0.2) is 0 Å². The second kappa shape index (κ2) is 5.50. The molecule has 2 rings (SSSR count). The normalized spacial score (nSPS) is 42.2. The Labute approximate surface area is 101 Å². The second-order valence-corrected chi connectivity index (χ2v) is 6.07. The van der Waals surface area contributed by atoms with Gasteiger partial charge in [-0.15, -0.1) is 0 Å². The molecule has 1 saturated carbocycles. The highest BCUT2D eigenvalue weighted by Crippen LogP contribution is 2.32. The van der Waals surface area contributed by atoms with Crippen LogP contribution in [0.5, 0.6) is 0 Å². The van der Waals surface area contributed by atoms with Crippen molar-refractivity contribution in [1.29, 1.82) is 0 Å². The fourth-order valence-corrected chi connectivity index (χ4v) is 3.86. The SMILES string of the molecule is CCC1CCCCC1N1CC(C)CC(N)C1. The number of hydrogen-bond acceptors (Lipinski definition) is 2. The van der Waals surface area contributed by atoms with Gasteiger partial charge in [-0.2, -0.15) is 0 Å². The highest BCUT2D eigenvalue weighted by molar-refractivity contribution is 4.88. The molecule has 0 aromatic carbocycles. The topological polar surface area (TPSA) is 29.3 Å². The van der Waals surface area contributed by atoms with Crippen LogP contribution in [0.3, 0.4) is 0 Å². The van der Waals surface area contributed by atoms with Gasteiger partial charge in [-0.25, -0.2) is 0 Å². The Morgan fingerprint density at radius 3 is 2.62 bits per heavy atom. The Hall–Kier alpha value is -0.0800. The third-order valence-electron chi connectivity index (χ3n) is 4.58. The fourth-order valence-electron chi connectivity index (χ4n) is 3.86. The number of likely N-dealkylation sites (tertiary alicyclic amines) is 1. The van der Waals surface area contributed by atoms with Gasteiger partial charge in [-0.3, -0.25) is 4.90 Å². The van der Waals surface area contributed by atoms with Crippen molar-refractivity contribution in [2.24, 2.45) is 17.6 Å². The smallest absolute Gasteiger partial charge is 0.0170 e. The van der Waals surface area contributed by atoms with E-state index in [4.69, 9.17) is 5.73 Å². The molecule has 1 heterocycles. The van der Waals surface area contributed by atoms with Crippen molar-refractivity contribution in [1.82, 2.24) is 4.90 Å². The molecule has 4 atom stereocenters. The van der Waals surface area contributed by atoms with Crippen LogP contribution in [0.2, 0.25) is 0 Å². The molecule has 4 unspecified atom stereocenters.